The first-order valence-electron chi connectivity index (χ1n) is 21.1. The first kappa shape index (κ1) is 45.0. The number of alkyl halides is 3. The van der Waals surface area contributed by atoms with E-state index in [1.807, 2.05) is 19.1 Å². The molecule has 1 aromatic carbocycles. The number of Topliss-reactive ketones (excluding diaryl/α,β-unsaturated/α-hetero) is 1. The van der Waals surface area contributed by atoms with Crippen LogP contribution in [0.15, 0.2) is 55.4 Å². The maximum Gasteiger partial charge on any atom is 0.391 e. The number of fused-ring (bicyclic) bond motifs is 1. The summed E-state index contributed by atoms with van der Waals surface area (Å²) >= 11 is 0. The molecular formula is C45H54F3N5O8S. The van der Waals surface area contributed by atoms with Gasteiger partial charge in [0.15, 0.2) is 5.78 Å². The maximum absolute atomic E-state index is 15.0. The molecule has 2 saturated heterocycles. The molecule has 5 atom stereocenters. The molecule has 4 fully saturated rings. The Kier molecular flexibility index (Phi) is 12.3. The van der Waals surface area contributed by atoms with Gasteiger partial charge >= 0.3 is 6.18 Å². The Labute approximate surface area is 359 Å². The zero-order valence-corrected chi connectivity index (χ0v) is 36.5. The van der Waals surface area contributed by atoms with Crippen molar-refractivity contribution in [3.05, 3.63) is 60.9 Å². The molecule has 2 saturated carbocycles. The number of carbonyl (C=O) groups is 4. The zero-order valence-electron chi connectivity index (χ0n) is 35.7. The molecule has 3 aromatic rings. The monoisotopic (exact) mass is 881 g/mol. The van der Waals surface area contributed by atoms with E-state index in [0.29, 0.717) is 46.5 Å². The fourth-order valence-corrected chi connectivity index (χ4v) is 10.4. The molecular weight excluding hydrogens is 828 g/mol. The SMILES string of the molecule is C=C[C@@H]1CC1(CC(=O)[C@@H]1C[C@@H](Oc2cc(-c3cccnc3)nc3c(C)c(OC)ccc23)CN1C(=O)[C@@H](CC(=O)N1CCC(C(F)(F)F)CC1)C(C)(C)C)C(=O)NS(=O)(=O)C1CC1. The first-order chi connectivity index (χ1) is 29.2. The Balaban J connectivity index is 1.21. The van der Waals surface area contributed by atoms with Crippen molar-refractivity contribution < 1.29 is 50.2 Å². The summed E-state index contributed by atoms with van der Waals surface area (Å²) in [6, 6.07) is 7.89. The van der Waals surface area contributed by atoms with E-state index in [2.05, 4.69) is 16.3 Å². The smallest absolute Gasteiger partial charge is 0.391 e. The third kappa shape index (κ3) is 9.18. The van der Waals surface area contributed by atoms with Gasteiger partial charge in [0.25, 0.3) is 0 Å². The second-order valence-electron chi connectivity index (χ2n) is 18.4. The van der Waals surface area contributed by atoms with Crippen LogP contribution >= 0.6 is 0 Å². The fourth-order valence-electron chi connectivity index (χ4n) is 9.00. The standard InChI is InChI=1S/C45H54F3N5O8S/c1-7-28-22-44(28,42(57)51-62(58,59)31-10-11-31)23-36(54)35-19-30(61-38-21-34(27-9-8-16-49-24-27)50-40-26(2)37(60-6)13-12-32(38)40)25-53(35)41(56)33(43(3,4)5)20-39(55)52-17-14-29(15-18-52)45(46,47)48/h7-9,12-13,16,21,24,28-31,33,35H,1,10-11,14-15,17-20,22-23,25H2,2-6H3,(H,51,57)/t28-,30-,33-,35+,44?/m1/s1. The molecule has 334 valence electrons. The molecule has 3 amide bonds. The second kappa shape index (κ2) is 16.9. The first-order valence-corrected chi connectivity index (χ1v) is 22.6. The van der Waals surface area contributed by atoms with Crippen LogP contribution in [0.1, 0.15) is 77.7 Å². The number of halogens is 3. The van der Waals surface area contributed by atoms with Crippen molar-refractivity contribution in [3.63, 3.8) is 0 Å². The van der Waals surface area contributed by atoms with Crippen LogP contribution in [0, 0.1) is 35.5 Å². The largest absolute Gasteiger partial charge is 0.496 e. The van der Waals surface area contributed by atoms with Gasteiger partial charge in [-0.15, -0.1) is 6.58 Å². The number of methoxy groups -OCH3 is 1. The van der Waals surface area contributed by atoms with Crippen molar-refractivity contribution in [2.75, 3.05) is 26.7 Å². The lowest BCUT2D eigenvalue weighted by Crippen LogP contribution is -2.50. The third-order valence-electron chi connectivity index (χ3n) is 13.1. The summed E-state index contributed by atoms with van der Waals surface area (Å²) in [5.41, 5.74) is 0.412. The normalized spacial score (nSPS) is 23.8. The van der Waals surface area contributed by atoms with Gasteiger partial charge in [-0.1, -0.05) is 26.8 Å². The number of hydrogen-bond donors (Lipinski definition) is 1. The lowest BCUT2D eigenvalue weighted by atomic mass is 9.77. The number of aromatic nitrogens is 2. The van der Waals surface area contributed by atoms with Crippen molar-refractivity contribution >= 4 is 44.4 Å². The van der Waals surface area contributed by atoms with Crippen LogP contribution in [0.3, 0.4) is 0 Å². The summed E-state index contributed by atoms with van der Waals surface area (Å²) in [5.74, 6) is -4.16. The highest BCUT2D eigenvalue weighted by Crippen LogP contribution is 2.57. The van der Waals surface area contributed by atoms with Crippen LogP contribution in [0.4, 0.5) is 13.2 Å². The number of rotatable bonds is 14. The van der Waals surface area contributed by atoms with Gasteiger partial charge in [-0.3, -0.25) is 28.9 Å². The van der Waals surface area contributed by atoms with E-state index in [9.17, 15) is 40.8 Å². The van der Waals surface area contributed by atoms with Crippen LogP contribution in [0.5, 0.6) is 11.5 Å². The van der Waals surface area contributed by atoms with Gasteiger partial charge in [-0.05, 0) is 74.6 Å². The fraction of sp³-hybridized carbons (Fsp3) is 0.556. The van der Waals surface area contributed by atoms with E-state index in [4.69, 9.17) is 14.5 Å². The van der Waals surface area contributed by atoms with Crippen LogP contribution in [0.2, 0.25) is 0 Å². The molecule has 2 aromatic heterocycles. The summed E-state index contributed by atoms with van der Waals surface area (Å²) in [5, 5.41) is -0.0165. The number of nitrogens with zero attached hydrogens (tertiary/aromatic N) is 4. The number of sulfonamides is 1. The number of aryl methyl sites for hydroxylation is 1. The number of ether oxygens (including phenoxy) is 2. The summed E-state index contributed by atoms with van der Waals surface area (Å²) in [6.45, 7) is 10.8. The highest BCUT2D eigenvalue weighted by molar-refractivity contribution is 7.90. The van der Waals surface area contributed by atoms with E-state index < -0.39 is 85.7 Å². The number of ketones is 1. The minimum absolute atomic E-state index is 0.0122. The van der Waals surface area contributed by atoms with Gasteiger partial charge in [0.2, 0.25) is 27.7 Å². The van der Waals surface area contributed by atoms with Gasteiger partial charge in [-0.25, -0.2) is 13.4 Å². The molecule has 7 rings (SSSR count). The molecule has 13 nitrogen and oxygen atoms in total. The van der Waals surface area contributed by atoms with Gasteiger partial charge in [0.1, 0.15) is 17.6 Å². The van der Waals surface area contributed by atoms with Crippen molar-refractivity contribution in [3.8, 4) is 22.8 Å². The van der Waals surface area contributed by atoms with Crippen LogP contribution in [0.25, 0.3) is 22.2 Å². The molecule has 1 unspecified atom stereocenters. The Morgan fingerprint density at radius 3 is 2.35 bits per heavy atom. The van der Waals surface area contributed by atoms with E-state index in [-0.39, 0.29) is 58.2 Å². The molecule has 17 heteroatoms. The average molecular weight is 882 g/mol. The van der Waals surface area contributed by atoms with Crippen molar-refractivity contribution in [1.29, 1.82) is 0 Å². The predicted octanol–water partition coefficient (Wildman–Crippen LogP) is 6.58. The molecule has 62 heavy (non-hydrogen) atoms. The number of hydrogen-bond acceptors (Lipinski definition) is 10. The number of allylic oxidation sites excluding steroid dienone is 1. The lowest BCUT2D eigenvalue weighted by molar-refractivity contribution is -0.186. The van der Waals surface area contributed by atoms with Crippen molar-refractivity contribution in [2.45, 2.75) is 103 Å². The molecule has 0 bridgehead atoms. The molecule has 1 N–H and O–H groups in total. The number of carbonyl (C=O) groups excluding carboxylic acids is 4. The summed E-state index contributed by atoms with van der Waals surface area (Å²) in [7, 11) is -2.37. The molecule has 2 aliphatic carbocycles. The zero-order chi connectivity index (χ0) is 44.9. The Bertz CT molecular complexity index is 2360. The number of amides is 3. The average Bonchev–Trinajstić information content (AvgIpc) is 4.16. The van der Waals surface area contributed by atoms with E-state index >= 15 is 0 Å². The van der Waals surface area contributed by atoms with Crippen LogP contribution in [-0.2, 0) is 29.2 Å². The molecule has 2 aliphatic heterocycles. The summed E-state index contributed by atoms with van der Waals surface area (Å²) < 4.78 is 80.6. The minimum atomic E-state index is -4.36. The quantitative estimate of drug-likeness (QED) is 0.175. The minimum Gasteiger partial charge on any atom is -0.496 e. The van der Waals surface area contributed by atoms with Crippen molar-refractivity contribution in [1.82, 2.24) is 24.5 Å². The van der Waals surface area contributed by atoms with Crippen LogP contribution < -0.4 is 14.2 Å². The maximum atomic E-state index is 15.0. The molecule has 4 aliphatic rings. The van der Waals surface area contributed by atoms with Gasteiger partial charge in [0.05, 0.1) is 53.4 Å². The number of likely N-dealkylation sites (tertiary alicyclic amines) is 2. The summed E-state index contributed by atoms with van der Waals surface area (Å²) in [4.78, 5) is 69.1. The molecule has 0 spiro atoms. The Morgan fingerprint density at radius 2 is 1.77 bits per heavy atom. The van der Waals surface area contributed by atoms with E-state index in [1.165, 1.54) is 15.9 Å². The highest BCUT2D eigenvalue weighted by Gasteiger charge is 2.61. The predicted molar refractivity (Wildman–Crippen MR) is 224 cm³/mol. The Morgan fingerprint density at radius 1 is 1.06 bits per heavy atom. The van der Waals surface area contributed by atoms with Gasteiger partial charge in [-0.2, -0.15) is 13.2 Å². The topological polar surface area (TPSA) is 165 Å². The lowest BCUT2D eigenvalue weighted by Gasteiger charge is -2.37. The summed E-state index contributed by atoms with van der Waals surface area (Å²) in [6.07, 6.45) is -0.326. The highest BCUT2D eigenvalue weighted by atomic mass is 32.2. The second-order valence-corrected chi connectivity index (χ2v) is 20.3. The van der Waals surface area contributed by atoms with E-state index in [1.54, 1.807) is 58.5 Å². The van der Waals surface area contributed by atoms with Crippen molar-refractivity contribution in [2.24, 2.45) is 28.6 Å². The van der Waals surface area contributed by atoms with Crippen LogP contribution in [-0.4, -0.2) is 102 Å². The third-order valence-corrected chi connectivity index (χ3v) is 14.9. The van der Waals surface area contributed by atoms with Gasteiger partial charge in [0, 0.05) is 67.3 Å². The van der Waals surface area contributed by atoms with E-state index in [0.717, 1.165) is 5.56 Å². The number of nitrogens with one attached hydrogen (secondary N) is 1. The number of benzene rings is 1. The number of piperidine rings is 1. The molecule has 0 radical (unpaired) electrons. The molecule has 4 heterocycles. The van der Waals surface area contributed by atoms with Gasteiger partial charge < -0.3 is 19.3 Å². The number of pyridine rings is 2. The Hall–Kier alpha value is -5.06.